The molecule has 36 heavy (non-hydrogen) atoms. The molecule has 2 heterocycles. The van der Waals surface area contributed by atoms with Crippen LogP contribution in [-0.2, 0) is 9.53 Å². The number of rotatable bonds is 6. The van der Waals surface area contributed by atoms with Crippen LogP contribution in [0.15, 0.2) is 48.5 Å². The quantitative estimate of drug-likeness (QED) is 0.487. The van der Waals surface area contributed by atoms with Gasteiger partial charge in [-0.05, 0) is 31.0 Å². The zero-order valence-corrected chi connectivity index (χ0v) is 20.4. The number of carbonyl (C=O) groups is 3. The van der Waals surface area contributed by atoms with Crippen LogP contribution in [0, 0.1) is 17.0 Å². The topological polar surface area (TPSA) is 122 Å². The number of nitrogens with zero attached hydrogens (tertiary/aromatic N) is 3. The number of nitrogens with one attached hydrogen (secondary N) is 1. The van der Waals surface area contributed by atoms with Gasteiger partial charge in [0.25, 0.3) is 17.5 Å². The van der Waals surface area contributed by atoms with Gasteiger partial charge >= 0.3 is 0 Å². The monoisotopic (exact) mass is 494 g/mol. The van der Waals surface area contributed by atoms with Gasteiger partial charge in [0, 0.05) is 55.7 Å². The first-order chi connectivity index (χ1) is 17.3. The van der Waals surface area contributed by atoms with E-state index in [0.29, 0.717) is 24.9 Å². The maximum atomic E-state index is 13.8. The highest BCUT2D eigenvalue weighted by Crippen LogP contribution is 2.39. The standard InChI is InChI=1S/C26H30N4O6/c1-3-13-27-23(31)22-17-36-26(29(22)25(33)21-10-5-4-7-18(21)2)11-14-28(15-12-26)24(32)19-8-6-9-20(16-19)30(34)35/h4-10,16,22H,3,11-15,17H2,1-2H3,(H,27,31). The smallest absolute Gasteiger partial charge is 0.270 e. The van der Waals surface area contributed by atoms with E-state index in [1.54, 1.807) is 28.0 Å². The molecule has 2 aromatic carbocycles. The minimum Gasteiger partial charge on any atom is -0.354 e. The number of nitro benzene ring substituents is 1. The molecular weight excluding hydrogens is 464 g/mol. The molecule has 2 aromatic rings. The van der Waals surface area contributed by atoms with Gasteiger partial charge in [-0.2, -0.15) is 0 Å². The van der Waals surface area contributed by atoms with Gasteiger partial charge in [-0.1, -0.05) is 31.2 Å². The number of piperidine rings is 1. The lowest BCUT2D eigenvalue weighted by atomic mass is 9.95. The van der Waals surface area contributed by atoms with Gasteiger partial charge in [0.05, 0.1) is 11.5 Å². The number of likely N-dealkylation sites (tertiary alicyclic amines) is 1. The lowest BCUT2D eigenvalue weighted by Gasteiger charge is -2.44. The molecule has 1 unspecified atom stereocenters. The largest absolute Gasteiger partial charge is 0.354 e. The van der Waals surface area contributed by atoms with Crippen molar-refractivity contribution >= 4 is 23.4 Å². The van der Waals surface area contributed by atoms with Crippen molar-refractivity contribution in [2.45, 2.75) is 44.9 Å². The SMILES string of the molecule is CCCNC(=O)C1COC2(CCN(C(=O)c3cccc([N+](=O)[O-])c3)CC2)N1C(=O)c1ccccc1C. The van der Waals surface area contributed by atoms with Crippen molar-refractivity contribution in [3.05, 3.63) is 75.3 Å². The fourth-order valence-corrected chi connectivity index (χ4v) is 4.87. The van der Waals surface area contributed by atoms with Crippen molar-refractivity contribution < 1.29 is 24.0 Å². The summed E-state index contributed by atoms with van der Waals surface area (Å²) in [4.78, 5) is 53.6. The average Bonchev–Trinajstić information content (AvgIpc) is 3.25. The molecule has 10 heteroatoms. The Morgan fingerprint density at radius 1 is 1.11 bits per heavy atom. The predicted molar refractivity (Wildman–Crippen MR) is 131 cm³/mol. The van der Waals surface area contributed by atoms with Gasteiger partial charge in [-0.25, -0.2) is 0 Å². The molecule has 0 aliphatic carbocycles. The second kappa shape index (κ2) is 10.4. The molecule has 0 aromatic heterocycles. The van der Waals surface area contributed by atoms with Crippen molar-refractivity contribution in [3.63, 3.8) is 0 Å². The first-order valence-electron chi connectivity index (χ1n) is 12.1. The fraction of sp³-hybridized carbons (Fsp3) is 0.423. The summed E-state index contributed by atoms with van der Waals surface area (Å²) in [7, 11) is 0. The molecule has 0 bridgehead atoms. The first-order valence-corrected chi connectivity index (χ1v) is 12.1. The van der Waals surface area contributed by atoms with Gasteiger partial charge in [0.1, 0.15) is 11.8 Å². The van der Waals surface area contributed by atoms with Crippen molar-refractivity contribution in [2.75, 3.05) is 26.2 Å². The second-order valence-corrected chi connectivity index (χ2v) is 9.15. The number of carbonyl (C=O) groups excluding carboxylic acids is 3. The Hall–Kier alpha value is -3.79. The lowest BCUT2D eigenvalue weighted by Crippen LogP contribution is -2.60. The number of aryl methyl sites for hydroxylation is 1. The molecule has 1 N–H and O–H groups in total. The Labute approximate surface area is 209 Å². The van der Waals surface area contributed by atoms with E-state index in [4.69, 9.17) is 4.74 Å². The van der Waals surface area contributed by atoms with E-state index < -0.39 is 16.7 Å². The van der Waals surface area contributed by atoms with Crippen LogP contribution in [0.3, 0.4) is 0 Å². The van der Waals surface area contributed by atoms with Crippen molar-refractivity contribution in [3.8, 4) is 0 Å². The Kier molecular flexibility index (Phi) is 7.35. The molecule has 0 radical (unpaired) electrons. The summed E-state index contributed by atoms with van der Waals surface area (Å²) in [5, 5.41) is 14.0. The third-order valence-electron chi connectivity index (χ3n) is 6.84. The predicted octanol–water partition coefficient (Wildman–Crippen LogP) is 2.90. The van der Waals surface area contributed by atoms with Crippen molar-refractivity contribution in [1.29, 1.82) is 0 Å². The molecule has 2 aliphatic rings. The van der Waals surface area contributed by atoms with E-state index in [1.165, 1.54) is 18.2 Å². The van der Waals surface area contributed by atoms with Crippen LogP contribution in [0.5, 0.6) is 0 Å². The van der Waals surface area contributed by atoms with Crippen molar-refractivity contribution in [1.82, 2.24) is 15.1 Å². The summed E-state index contributed by atoms with van der Waals surface area (Å²) < 4.78 is 6.19. The van der Waals surface area contributed by atoms with E-state index in [2.05, 4.69) is 5.32 Å². The Morgan fingerprint density at radius 2 is 1.83 bits per heavy atom. The van der Waals surface area contributed by atoms with Crippen LogP contribution >= 0.6 is 0 Å². The summed E-state index contributed by atoms with van der Waals surface area (Å²) in [5.74, 6) is -0.855. The maximum absolute atomic E-state index is 13.8. The number of hydrogen-bond acceptors (Lipinski definition) is 6. The number of hydrogen-bond donors (Lipinski definition) is 1. The molecule has 2 fully saturated rings. The molecule has 2 saturated heterocycles. The Bertz CT molecular complexity index is 1170. The second-order valence-electron chi connectivity index (χ2n) is 9.15. The van der Waals surface area contributed by atoms with E-state index >= 15 is 0 Å². The molecule has 1 atom stereocenters. The number of nitro groups is 1. The highest BCUT2D eigenvalue weighted by molar-refractivity contribution is 5.99. The molecule has 190 valence electrons. The lowest BCUT2D eigenvalue weighted by molar-refractivity contribution is -0.384. The number of ether oxygens (including phenoxy) is 1. The van der Waals surface area contributed by atoms with Crippen molar-refractivity contribution in [2.24, 2.45) is 0 Å². The van der Waals surface area contributed by atoms with Gasteiger partial charge in [-0.15, -0.1) is 0 Å². The van der Waals surface area contributed by atoms with Gasteiger partial charge in [0.15, 0.2) is 0 Å². The van der Waals surface area contributed by atoms with Crippen LogP contribution in [0.4, 0.5) is 5.69 Å². The summed E-state index contributed by atoms with van der Waals surface area (Å²) in [6, 6.07) is 12.1. The molecule has 0 saturated carbocycles. The van der Waals surface area contributed by atoms with E-state index in [-0.39, 0.29) is 48.7 Å². The molecule has 1 spiro atoms. The van der Waals surface area contributed by atoms with Crippen LogP contribution in [0.2, 0.25) is 0 Å². The molecule has 10 nitrogen and oxygen atoms in total. The van der Waals surface area contributed by atoms with E-state index in [9.17, 15) is 24.5 Å². The Morgan fingerprint density at radius 3 is 2.50 bits per heavy atom. The maximum Gasteiger partial charge on any atom is 0.270 e. The number of benzene rings is 2. The molecule has 4 rings (SSSR count). The minimum absolute atomic E-state index is 0.0754. The highest BCUT2D eigenvalue weighted by Gasteiger charge is 2.54. The van der Waals surface area contributed by atoms with Crippen LogP contribution in [-0.4, -0.2) is 70.5 Å². The highest BCUT2D eigenvalue weighted by atomic mass is 16.6. The zero-order valence-electron chi connectivity index (χ0n) is 20.4. The first kappa shape index (κ1) is 25.3. The normalized spacial score (nSPS) is 18.8. The van der Waals surface area contributed by atoms with Gasteiger partial charge in [-0.3, -0.25) is 29.4 Å². The number of amides is 3. The van der Waals surface area contributed by atoms with E-state index in [1.807, 2.05) is 26.0 Å². The summed E-state index contributed by atoms with van der Waals surface area (Å²) in [6.45, 7) is 4.94. The van der Waals surface area contributed by atoms with Crippen LogP contribution in [0.1, 0.15) is 52.5 Å². The van der Waals surface area contributed by atoms with E-state index in [0.717, 1.165) is 12.0 Å². The van der Waals surface area contributed by atoms with Crippen LogP contribution < -0.4 is 5.32 Å². The average molecular weight is 495 g/mol. The fourth-order valence-electron chi connectivity index (χ4n) is 4.87. The van der Waals surface area contributed by atoms with Crippen LogP contribution in [0.25, 0.3) is 0 Å². The summed E-state index contributed by atoms with van der Waals surface area (Å²) >= 11 is 0. The summed E-state index contributed by atoms with van der Waals surface area (Å²) in [5.41, 5.74) is 0.371. The number of non-ortho nitro benzene ring substituents is 1. The van der Waals surface area contributed by atoms with Gasteiger partial charge in [0.2, 0.25) is 5.91 Å². The zero-order chi connectivity index (χ0) is 25.9. The minimum atomic E-state index is -1.02. The molecule has 2 aliphatic heterocycles. The third kappa shape index (κ3) is 4.81. The Balaban J connectivity index is 1.57. The molecule has 3 amide bonds. The summed E-state index contributed by atoms with van der Waals surface area (Å²) in [6.07, 6.45) is 1.41. The third-order valence-corrected chi connectivity index (χ3v) is 6.84. The van der Waals surface area contributed by atoms with Gasteiger partial charge < -0.3 is 15.0 Å². The molecular formula is C26H30N4O6.